The number of rotatable bonds is 1. The van der Waals surface area contributed by atoms with Crippen LogP contribution in [-0.4, -0.2) is 0 Å². The van der Waals surface area contributed by atoms with Crippen LogP contribution in [-0.2, 0) is 0 Å². The highest BCUT2D eigenvalue weighted by atomic mass is 19.1. The summed E-state index contributed by atoms with van der Waals surface area (Å²) in [4.78, 5) is 0. The van der Waals surface area contributed by atoms with Gasteiger partial charge in [0.25, 0.3) is 0 Å². The lowest BCUT2D eigenvalue weighted by Gasteiger charge is -1.66. The molecule has 0 saturated heterocycles. The van der Waals surface area contributed by atoms with Crippen LogP contribution in [0.1, 0.15) is 0 Å². The Kier molecular flexibility index (Phi) is 1.50. The Labute approximate surface area is 30.6 Å². The molecule has 0 radical (unpaired) electrons. The Morgan fingerprint density at radius 3 is 2.00 bits per heavy atom. The summed E-state index contributed by atoms with van der Waals surface area (Å²) in [7, 11) is 0. The quantitative estimate of drug-likeness (QED) is 0.413. The molecule has 0 atom stereocenters. The van der Waals surface area contributed by atoms with Crippen molar-refractivity contribution in [2.45, 2.75) is 0 Å². The van der Waals surface area contributed by atoms with Crippen LogP contribution in [0.3, 0.4) is 0 Å². The van der Waals surface area contributed by atoms with E-state index in [1.165, 1.54) is 0 Å². The summed E-state index contributed by atoms with van der Waals surface area (Å²) in [5.74, 6) is -0.481. The van der Waals surface area contributed by atoms with E-state index in [-0.39, 0.29) is 0 Å². The van der Waals surface area contributed by atoms with Gasteiger partial charge >= 0.3 is 0 Å². The topological polar surface area (TPSA) is 0 Å². The monoisotopic (exact) mass is 72.0 g/mol. The van der Waals surface area contributed by atoms with Gasteiger partial charge in [-0.3, -0.25) is 0 Å². The molecule has 0 aliphatic carbocycles. The first-order valence-corrected chi connectivity index (χ1v) is 1.24. The summed E-state index contributed by atoms with van der Waals surface area (Å²) >= 11 is 0. The van der Waals surface area contributed by atoms with Gasteiger partial charge in [-0.2, -0.15) is 0 Å². The highest BCUT2D eigenvalue weighted by Crippen LogP contribution is 1.86. The zero-order valence-electron chi connectivity index (χ0n) is 2.87. The maximum atomic E-state index is 11.1. The van der Waals surface area contributed by atoms with E-state index in [4.69, 9.17) is 0 Å². The second-order valence-corrected chi connectivity index (χ2v) is 0.651. The molecule has 5 heavy (non-hydrogen) atoms. The lowest BCUT2D eigenvalue weighted by molar-refractivity contribution is 0.672. The van der Waals surface area contributed by atoms with Crippen LogP contribution in [0.4, 0.5) is 4.39 Å². The minimum absolute atomic E-state index is 0.481. The van der Waals surface area contributed by atoms with Gasteiger partial charge in [0.1, 0.15) is 5.83 Å². The SMILES string of the molecule is C=CC(=C)F. The first-order chi connectivity index (χ1) is 2.27. The smallest absolute Gasteiger partial charge is 0.115 e. The molecule has 0 spiro atoms. The predicted octanol–water partition coefficient (Wildman–Crippen LogP) is 1.66. The summed E-state index contributed by atoms with van der Waals surface area (Å²) in [6, 6.07) is 0. The first kappa shape index (κ1) is 4.41. The summed E-state index contributed by atoms with van der Waals surface area (Å²) < 4.78 is 11.1. The maximum Gasteiger partial charge on any atom is 0.115 e. The largest absolute Gasteiger partial charge is 0.208 e. The molecule has 0 aliphatic rings. The Hall–Kier alpha value is -0.590. The fourth-order valence-corrected chi connectivity index (χ4v) is 0. The molecule has 0 heterocycles. The van der Waals surface area contributed by atoms with Crippen molar-refractivity contribution < 1.29 is 4.39 Å². The highest BCUT2D eigenvalue weighted by molar-refractivity contribution is 4.99. The van der Waals surface area contributed by atoms with Crippen molar-refractivity contribution in [3.8, 4) is 0 Å². The molecule has 28 valence electrons. The van der Waals surface area contributed by atoms with Crippen LogP contribution < -0.4 is 0 Å². The van der Waals surface area contributed by atoms with Gasteiger partial charge in [0, 0.05) is 0 Å². The molecular weight excluding hydrogens is 67.0 g/mol. The van der Waals surface area contributed by atoms with E-state index in [0.717, 1.165) is 6.08 Å². The standard InChI is InChI=1S/C4H5F/c1-3-4(2)5/h3H,1-2H2. The van der Waals surface area contributed by atoms with Gasteiger partial charge in [-0.25, -0.2) is 4.39 Å². The molecular formula is C4H5F. The summed E-state index contributed by atoms with van der Waals surface area (Å²) in [6.45, 7) is 5.97. The van der Waals surface area contributed by atoms with Crippen molar-refractivity contribution >= 4 is 0 Å². The van der Waals surface area contributed by atoms with E-state index in [2.05, 4.69) is 13.2 Å². The Balaban J connectivity index is 3.20. The van der Waals surface area contributed by atoms with Crippen LogP contribution in [0.5, 0.6) is 0 Å². The summed E-state index contributed by atoms with van der Waals surface area (Å²) in [5.41, 5.74) is 0. The van der Waals surface area contributed by atoms with Crippen LogP contribution in [0.25, 0.3) is 0 Å². The minimum Gasteiger partial charge on any atom is -0.208 e. The third kappa shape index (κ3) is 3.41. The summed E-state index contributed by atoms with van der Waals surface area (Å²) in [5, 5.41) is 0. The van der Waals surface area contributed by atoms with Crippen molar-refractivity contribution in [3.05, 3.63) is 25.1 Å². The Morgan fingerprint density at radius 1 is 1.80 bits per heavy atom. The highest BCUT2D eigenvalue weighted by Gasteiger charge is 1.66. The molecule has 0 aromatic carbocycles. The molecule has 0 nitrogen and oxygen atoms in total. The molecule has 0 aliphatic heterocycles. The Bertz CT molecular complexity index is 54.7. The van der Waals surface area contributed by atoms with Crippen molar-refractivity contribution in [1.82, 2.24) is 0 Å². The molecule has 0 aromatic rings. The molecule has 0 fully saturated rings. The number of halogens is 1. The van der Waals surface area contributed by atoms with E-state index in [0.29, 0.717) is 0 Å². The van der Waals surface area contributed by atoms with Crippen LogP contribution in [0, 0.1) is 0 Å². The number of allylic oxidation sites excluding steroid dienone is 2. The van der Waals surface area contributed by atoms with Crippen molar-refractivity contribution in [2.24, 2.45) is 0 Å². The van der Waals surface area contributed by atoms with Gasteiger partial charge in [0.2, 0.25) is 0 Å². The molecule has 0 saturated carbocycles. The van der Waals surface area contributed by atoms with E-state index in [9.17, 15) is 4.39 Å². The Morgan fingerprint density at radius 2 is 2.00 bits per heavy atom. The van der Waals surface area contributed by atoms with E-state index in [1.807, 2.05) is 0 Å². The number of hydrogen-bond acceptors (Lipinski definition) is 0. The van der Waals surface area contributed by atoms with E-state index >= 15 is 0 Å². The van der Waals surface area contributed by atoms with Gasteiger partial charge in [-0.15, -0.1) is 0 Å². The zero-order chi connectivity index (χ0) is 4.28. The minimum atomic E-state index is -0.481. The van der Waals surface area contributed by atoms with Gasteiger partial charge in [0.05, 0.1) is 0 Å². The van der Waals surface area contributed by atoms with Crippen molar-refractivity contribution in [2.75, 3.05) is 0 Å². The molecule has 0 amide bonds. The van der Waals surface area contributed by atoms with Crippen LogP contribution in [0.2, 0.25) is 0 Å². The maximum absolute atomic E-state index is 11.1. The lowest BCUT2D eigenvalue weighted by atomic mass is 10.6. The third-order valence-electron chi connectivity index (χ3n) is 0.221. The van der Waals surface area contributed by atoms with Crippen molar-refractivity contribution in [1.29, 1.82) is 0 Å². The molecule has 0 rings (SSSR count). The lowest BCUT2D eigenvalue weighted by Crippen LogP contribution is -1.46. The van der Waals surface area contributed by atoms with Gasteiger partial charge in [-0.05, 0) is 6.08 Å². The second kappa shape index (κ2) is 1.70. The van der Waals surface area contributed by atoms with E-state index in [1.54, 1.807) is 0 Å². The molecule has 0 bridgehead atoms. The fourth-order valence-electron chi connectivity index (χ4n) is 0. The molecule has 0 N–H and O–H groups in total. The van der Waals surface area contributed by atoms with Crippen molar-refractivity contribution in [3.63, 3.8) is 0 Å². The van der Waals surface area contributed by atoms with Gasteiger partial charge < -0.3 is 0 Å². The van der Waals surface area contributed by atoms with E-state index < -0.39 is 5.83 Å². The zero-order valence-corrected chi connectivity index (χ0v) is 2.87. The second-order valence-electron chi connectivity index (χ2n) is 0.651. The normalized spacial score (nSPS) is 6.60. The van der Waals surface area contributed by atoms with Gasteiger partial charge in [0.15, 0.2) is 0 Å². The third-order valence-corrected chi connectivity index (χ3v) is 0.221. The molecule has 0 unspecified atom stereocenters. The summed E-state index contributed by atoms with van der Waals surface area (Å²) in [6.07, 6.45) is 1.06. The van der Waals surface area contributed by atoms with Crippen LogP contribution >= 0.6 is 0 Å². The average Bonchev–Trinajstić information content (AvgIpc) is 1.38. The first-order valence-electron chi connectivity index (χ1n) is 1.24. The predicted molar refractivity (Wildman–Crippen MR) is 20.4 cm³/mol. The van der Waals surface area contributed by atoms with Crippen LogP contribution in [0.15, 0.2) is 25.1 Å². The average molecular weight is 72.1 g/mol. The van der Waals surface area contributed by atoms with Gasteiger partial charge in [-0.1, -0.05) is 13.2 Å². The molecule has 1 heteroatoms. The fraction of sp³-hybridized carbons (Fsp3) is 0. The number of hydrogen-bond donors (Lipinski definition) is 0. The molecule has 0 aromatic heterocycles.